The van der Waals surface area contributed by atoms with Gasteiger partial charge in [-0.1, -0.05) is 29.8 Å². The number of benzene rings is 2. The lowest BCUT2D eigenvalue weighted by molar-refractivity contribution is -0.136. The molecular weight excluding hydrogens is 438 g/mol. The molecule has 32 heavy (non-hydrogen) atoms. The summed E-state index contributed by atoms with van der Waals surface area (Å²) in [7, 11) is 2.99. The smallest absolute Gasteiger partial charge is 0.338 e. The Morgan fingerprint density at radius 3 is 2.72 bits per heavy atom. The number of hydrogen-bond acceptors (Lipinski definition) is 6. The third-order valence-corrected chi connectivity index (χ3v) is 5.54. The second-order valence-electron chi connectivity index (χ2n) is 7.04. The summed E-state index contributed by atoms with van der Waals surface area (Å²) >= 11 is 6.28. The number of halogens is 1. The van der Waals surface area contributed by atoms with Gasteiger partial charge in [0.05, 0.1) is 37.2 Å². The van der Waals surface area contributed by atoms with Crippen LogP contribution in [0.25, 0.3) is 0 Å². The number of methoxy groups -OCH3 is 2. The van der Waals surface area contributed by atoms with Crippen molar-refractivity contribution in [2.45, 2.75) is 6.04 Å². The highest BCUT2D eigenvalue weighted by molar-refractivity contribution is 6.31. The fourth-order valence-electron chi connectivity index (χ4n) is 3.66. The maximum absolute atomic E-state index is 12.9. The first-order chi connectivity index (χ1) is 15.4. The van der Waals surface area contributed by atoms with E-state index in [4.69, 9.17) is 25.8 Å². The van der Waals surface area contributed by atoms with Crippen molar-refractivity contribution in [3.63, 3.8) is 0 Å². The van der Waals surface area contributed by atoms with E-state index < -0.39 is 23.9 Å². The number of carbonyl (C=O) groups is 3. The maximum Gasteiger partial charge on any atom is 0.338 e. The third kappa shape index (κ3) is 3.94. The zero-order valence-electron chi connectivity index (χ0n) is 17.3. The Morgan fingerprint density at radius 1 is 1.22 bits per heavy atom. The zero-order valence-corrected chi connectivity index (χ0v) is 18.1. The Hall–Kier alpha value is -3.72. The summed E-state index contributed by atoms with van der Waals surface area (Å²) in [6.07, 6.45) is 0. The average Bonchev–Trinajstić information content (AvgIpc) is 3.17. The van der Waals surface area contributed by atoms with Crippen molar-refractivity contribution in [2.24, 2.45) is 0 Å². The molecule has 0 bridgehead atoms. The topological polar surface area (TPSA) is 106 Å². The molecule has 0 radical (unpaired) electrons. The minimum Gasteiger partial charge on any atom is -0.497 e. The molecule has 2 aromatic rings. The number of amides is 3. The molecule has 3 amide bonds. The van der Waals surface area contributed by atoms with Crippen LogP contribution in [0.4, 0.5) is 10.5 Å². The molecule has 0 aliphatic carbocycles. The van der Waals surface area contributed by atoms with Gasteiger partial charge >= 0.3 is 12.0 Å². The van der Waals surface area contributed by atoms with Gasteiger partial charge in [-0.3, -0.25) is 9.69 Å². The Labute approximate surface area is 188 Å². The molecule has 0 spiro atoms. The molecule has 1 atom stereocenters. The number of cyclic esters (lactones) is 1. The number of urea groups is 1. The van der Waals surface area contributed by atoms with Crippen LogP contribution in [0.3, 0.4) is 0 Å². The van der Waals surface area contributed by atoms with Gasteiger partial charge in [0.25, 0.3) is 0 Å². The zero-order chi connectivity index (χ0) is 22.8. The van der Waals surface area contributed by atoms with E-state index >= 15 is 0 Å². The number of hydrogen-bond donors (Lipinski definition) is 2. The van der Waals surface area contributed by atoms with Gasteiger partial charge in [-0.25, -0.2) is 9.59 Å². The molecule has 2 N–H and O–H groups in total. The van der Waals surface area contributed by atoms with E-state index in [0.29, 0.717) is 33.5 Å². The average molecular weight is 458 g/mol. The molecule has 4 rings (SSSR count). The van der Waals surface area contributed by atoms with Crippen LogP contribution in [0.2, 0.25) is 5.02 Å². The summed E-state index contributed by atoms with van der Waals surface area (Å²) in [5.74, 6) is -0.0747. The number of anilines is 1. The minimum atomic E-state index is -0.762. The first-order valence-electron chi connectivity index (χ1n) is 9.67. The summed E-state index contributed by atoms with van der Waals surface area (Å²) in [6, 6.07) is 10.5. The van der Waals surface area contributed by atoms with Crippen molar-refractivity contribution in [3.8, 4) is 11.5 Å². The lowest BCUT2D eigenvalue weighted by Crippen LogP contribution is -2.49. The van der Waals surface area contributed by atoms with Gasteiger partial charge in [0.1, 0.15) is 24.7 Å². The summed E-state index contributed by atoms with van der Waals surface area (Å²) in [6.45, 7) is -0.437. The largest absolute Gasteiger partial charge is 0.497 e. The highest BCUT2D eigenvalue weighted by Gasteiger charge is 2.43. The standard InChI is InChI=1S/C22H20ClN3O6/c1-30-12-7-8-15(17(9-12)31-2)24-18(27)10-26-16-11-32-21(28)19(16)20(25-22(26)29)13-5-3-4-6-14(13)23/h3-9,20H,10-11H2,1-2H3,(H,24,27)(H,25,29). The summed E-state index contributed by atoms with van der Waals surface area (Å²) in [5, 5.41) is 5.87. The van der Waals surface area contributed by atoms with Crippen LogP contribution in [-0.2, 0) is 14.3 Å². The first kappa shape index (κ1) is 21.5. The highest BCUT2D eigenvalue weighted by atomic mass is 35.5. The lowest BCUT2D eigenvalue weighted by Gasteiger charge is -2.32. The van der Waals surface area contributed by atoms with Crippen molar-refractivity contribution >= 4 is 35.2 Å². The van der Waals surface area contributed by atoms with Crippen molar-refractivity contribution in [2.75, 3.05) is 32.7 Å². The fourth-order valence-corrected chi connectivity index (χ4v) is 3.90. The van der Waals surface area contributed by atoms with Gasteiger partial charge in [0, 0.05) is 11.1 Å². The number of esters is 1. The van der Waals surface area contributed by atoms with Gasteiger partial charge in [-0.05, 0) is 23.8 Å². The Morgan fingerprint density at radius 2 is 2.00 bits per heavy atom. The summed E-state index contributed by atoms with van der Waals surface area (Å²) in [4.78, 5) is 39.3. The molecule has 9 nitrogen and oxygen atoms in total. The lowest BCUT2D eigenvalue weighted by atomic mass is 9.95. The molecule has 0 aromatic heterocycles. The van der Waals surface area contributed by atoms with Crippen molar-refractivity contribution in [1.29, 1.82) is 0 Å². The Balaban J connectivity index is 1.59. The Kier molecular flexibility index (Phi) is 5.91. The fraction of sp³-hybridized carbons (Fsp3) is 0.227. The number of ether oxygens (including phenoxy) is 3. The first-order valence-corrected chi connectivity index (χ1v) is 10.0. The molecule has 0 fully saturated rings. The maximum atomic E-state index is 12.9. The summed E-state index contributed by atoms with van der Waals surface area (Å²) in [5.41, 5.74) is 1.58. The van der Waals surface area contributed by atoms with Gasteiger partial charge in [0.15, 0.2) is 0 Å². The highest BCUT2D eigenvalue weighted by Crippen LogP contribution is 2.37. The van der Waals surface area contributed by atoms with Crippen LogP contribution in [-0.4, -0.2) is 50.2 Å². The normalized spacial score (nSPS) is 17.5. The van der Waals surface area contributed by atoms with Crippen LogP contribution in [0.15, 0.2) is 53.7 Å². The van der Waals surface area contributed by atoms with Crippen molar-refractivity contribution in [1.82, 2.24) is 10.2 Å². The van der Waals surface area contributed by atoms with Crippen molar-refractivity contribution < 1.29 is 28.6 Å². The molecule has 10 heteroatoms. The van der Waals surface area contributed by atoms with E-state index in [1.807, 2.05) is 0 Å². The van der Waals surface area contributed by atoms with Gasteiger partial charge < -0.3 is 24.8 Å². The predicted molar refractivity (Wildman–Crippen MR) is 116 cm³/mol. The van der Waals surface area contributed by atoms with Crippen LogP contribution in [0.1, 0.15) is 11.6 Å². The quantitative estimate of drug-likeness (QED) is 0.646. The van der Waals surface area contributed by atoms with Crippen LogP contribution >= 0.6 is 11.6 Å². The van der Waals surface area contributed by atoms with E-state index in [-0.39, 0.29) is 18.7 Å². The van der Waals surface area contributed by atoms with E-state index in [1.54, 1.807) is 42.5 Å². The monoisotopic (exact) mass is 457 g/mol. The van der Waals surface area contributed by atoms with Gasteiger partial charge in [-0.2, -0.15) is 0 Å². The Bertz CT molecular complexity index is 1130. The second kappa shape index (κ2) is 8.80. The van der Waals surface area contributed by atoms with Crippen molar-refractivity contribution in [3.05, 3.63) is 64.3 Å². The number of nitrogens with zero attached hydrogens (tertiary/aromatic N) is 1. The van der Waals surface area contributed by atoms with Gasteiger partial charge in [-0.15, -0.1) is 0 Å². The van der Waals surface area contributed by atoms with E-state index in [1.165, 1.54) is 19.1 Å². The minimum absolute atomic E-state index is 0.109. The number of carbonyl (C=O) groups excluding carboxylic acids is 3. The van der Waals surface area contributed by atoms with Crippen LogP contribution in [0, 0.1) is 0 Å². The molecule has 2 heterocycles. The summed E-state index contributed by atoms with van der Waals surface area (Å²) < 4.78 is 15.6. The molecule has 2 aliphatic heterocycles. The predicted octanol–water partition coefficient (Wildman–Crippen LogP) is 2.87. The van der Waals surface area contributed by atoms with Gasteiger partial charge in [0.2, 0.25) is 5.91 Å². The molecule has 1 unspecified atom stereocenters. The molecule has 0 saturated heterocycles. The van der Waals surface area contributed by atoms with Crippen LogP contribution in [0.5, 0.6) is 11.5 Å². The SMILES string of the molecule is COc1ccc(NC(=O)CN2C(=O)NC(c3ccccc3Cl)C3=C2COC3=O)c(OC)c1. The van der Waals surface area contributed by atoms with E-state index in [0.717, 1.165) is 0 Å². The molecule has 2 aromatic carbocycles. The molecule has 0 saturated carbocycles. The van der Waals surface area contributed by atoms with Crippen LogP contribution < -0.4 is 20.1 Å². The number of nitrogens with one attached hydrogen (secondary N) is 2. The van der Waals surface area contributed by atoms with E-state index in [2.05, 4.69) is 10.6 Å². The number of rotatable bonds is 6. The second-order valence-corrected chi connectivity index (χ2v) is 7.45. The van der Waals surface area contributed by atoms with E-state index in [9.17, 15) is 14.4 Å². The molecular formula is C22H20ClN3O6. The molecule has 2 aliphatic rings. The third-order valence-electron chi connectivity index (χ3n) is 5.20. The molecule has 166 valence electrons.